The van der Waals surface area contributed by atoms with E-state index in [1.807, 2.05) is 12.1 Å². The smallest absolute Gasteiger partial charge is 0.335 e. The number of benzene rings is 2. The van der Waals surface area contributed by atoms with Gasteiger partial charge in [-0.05, 0) is 104 Å². The average Bonchev–Trinajstić information content (AvgIpc) is 3.14. The minimum atomic E-state index is -0.677. The maximum atomic E-state index is 11.8. The first-order chi connectivity index (χ1) is 23.8. The molecular formula is C41H52O8. The number of rotatable bonds is 18. The second kappa shape index (κ2) is 19.8. The molecule has 2 N–H and O–H groups in total. The molecule has 1 saturated carbocycles. The van der Waals surface area contributed by atoms with Crippen molar-refractivity contribution in [2.45, 2.75) is 64.7 Å². The lowest BCUT2D eigenvalue weighted by Gasteiger charge is -2.35. The minimum absolute atomic E-state index is 0.0221. The van der Waals surface area contributed by atoms with E-state index in [1.165, 1.54) is 56.1 Å². The van der Waals surface area contributed by atoms with Gasteiger partial charge in [-0.25, -0.2) is 9.59 Å². The van der Waals surface area contributed by atoms with Crippen molar-refractivity contribution in [3.05, 3.63) is 90.6 Å². The predicted octanol–water partition coefficient (Wildman–Crippen LogP) is 7.64. The molecule has 4 rings (SSSR count). The van der Waals surface area contributed by atoms with Crippen molar-refractivity contribution in [2.75, 3.05) is 39.6 Å². The van der Waals surface area contributed by atoms with E-state index in [1.54, 1.807) is 6.07 Å². The molecule has 2 aromatic carbocycles. The van der Waals surface area contributed by atoms with Crippen LogP contribution in [0.4, 0.5) is 0 Å². The van der Waals surface area contributed by atoms with Gasteiger partial charge in [0.25, 0.3) is 0 Å². The van der Waals surface area contributed by atoms with Gasteiger partial charge in [-0.3, -0.25) is 0 Å². The highest BCUT2D eigenvalue weighted by molar-refractivity contribution is 5.88. The molecular weight excluding hydrogens is 620 g/mol. The number of allylic oxidation sites excluding steroid dienone is 4. The van der Waals surface area contributed by atoms with Crippen molar-refractivity contribution >= 4 is 17.5 Å². The molecule has 49 heavy (non-hydrogen) atoms. The van der Waals surface area contributed by atoms with Crippen LogP contribution in [0.1, 0.15) is 70.3 Å². The molecule has 0 aromatic heterocycles. The number of carbonyl (C=O) groups excluding carboxylic acids is 2. The molecule has 2 aromatic rings. The molecule has 0 bridgehead atoms. The molecule has 0 radical (unpaired) electrons. The lowest BCUT2D eigenvalue weighted by Crippen LogP contribution is -2.23. The SMILES string of the molecule is C=C(CO)C(=O)OCCOc1cc(OCCOC(=O)C(=C)CO)cc(-c2ccc(C3=CCC(C4CCC(CC/C=C/C)CC4)CC3)cc2)c1. The van der Waals surface area contributed by atoms with E-state index in [2.05, 4.69) is 62.6 Å². The number of hydrogen-bond donors (Lipinski definition) is 2. The highest BCUT2D eigenvalue weighted by Crippen LogP contribution is 2.42. The molecule has 0 spiro atoms. The first-order valence-corrected chi connectivity index (χ1v) is 17.5. The summed E-state index contributed by atoms with van der Waals surface area (Å²) in [5.41, 5.74) is 4.46. The van der Waals surface area contributed by atoms with Gasteiger partial charge in [-0.2, -0.15) is 0 Å². The summed E-state index contributed by atoms with van der Waals surface area (Å²) >= 11 is 0. The Morgan fingerprint density at radius 1 is 0.755 bits per heavy atom. The Morgan fingerprint density at radius 3 is 1.84 bits per heavy atom. The molecule has 1 atom stereocenters. The number of aliphatic hydroxyl groups is 2. The van der Waals surface area contributed by atoms with Crippen LogP contribution in [0.25, 0.3) is 16.7 Å². The van der Waals surface area contributed by atoms with E-state index in [9.17, 15) is 9.59 Å². The fraction of sp³-hybridized carbons (Fsp3) is 0.463. The van der Waals surface area contributed by atoms with Gasteiger partial charge in [0.2, 0.25) is 0 Å². The van der Waals surface area contributed by atoms with Crippen molar-refractivity contribution in [3.8, 4) is 22.6 Å². The lowest BCUT2D eigenvalue weighted by atomic mass is 9.70. The number of aliphatic hydroxyl groups excluding tert-OH is 2. The molecule has 0 saturated heterocycles. The monoisotopic (exact) mass is 672 g/mol. The summed E-state index contributed by atoms with van der Waals surface area (Å²) in [4.78, 5) is 23.6. The number of hydrogen-bond acceptors (Lipinski definition) is 8. The summed E-state index contributed by atoms with van der Waals surface area (Å²) in [5, 5.41) is 18.1. The van der Waals surface area contributed by atoms with Crippen molar-refractivity contribution in [2.24, 2.45) is 17.8 Å². The van der Waals surface area contributed by atoms with Gasteiger partial charge in [0.1, 0.15) is 37.9 Å². The van der Waals surface area contributed by atoms with Crippen LogP contribution in [-0.4, -0.2) is 61.8 Å². The van der Waals surface area contributed by atoms with Gasteiger partial charge in [-0.1, -0.05) is 68.5 Å². The van der Waals surface area contributed by atoms with Crippen LogP contribution in [0.3, 0.4) is 0 Å². The molecule has 8 heteroatoms. The first kappa shape index (κ1) is 37.7. The van der Waals surface area contributed by atoms with Gasteiger partial charge in [0.15, 0.2) is 0 Å². The van der Waals surface area contributed by atoms with E-state index in [0.29, 0.717) is 11.5 Å². The summed E-state index contributed by atoms with van der Waals surface area (Å²) in [7, 11) is 0. The van der Waals surface area contributed by atoms with Gasteiger partial charge in [0.05, 0.1) is 24.4 Å². The third kappa shape index (κ3) is 11.8. The Balaban J connectivity index is 1.37. The van der Waals surface area contributed by atoms with Crippen LogP contribution < -0.4 is 9.47 Å². The predicted molar refractivity (Wildman–Crippen MR) is 192 cm³/mol. The molecule has 8 nitrogen and oxygen atoms in total. The largest absolute Gasteiger partial charge is 0.490 e. The zero-order valence-corrected chi connectivity index (χ0v) is 28.9. The van der Waals surface area contributed by atoms with E-state index in [0.717, 1.165) is 41.7 Å². The fourth-order valence-electron chi connectivity index (χ4n) is 6.69. The van der Waals surface area contributed by atoms with Crippen LogP contribution >= 0.6 is 0 Å². The van der Waals surface area contributed by atoms with Crippen LogP contribution in [0.2, 0.25) is 0 Å². The summed E-state index contributed by atoms with van der Waals surface area (Å²) in [5.74, 6) is 2.23. The van der Waals surface area contributed by atoms with Gasteiger partial charge >= 0.3 is 11.9 Å². The second-order valence-electron chi connectivity index (χ2n) is 13.0. The topological polar surface area (TPSA) is 112 Å². The maximum Gasteiger partial charge on any atom is 0.335 e. The van der Waals surface area contributed by atoms with Crippen LogP contribution in [-0.2, 0) is 19.1 Å². The Morgan fingerprint density at radius 2 is 1.33 bits per heavy atom. The first-order valence-electron chi connectivity index (χ1n) is 17.5. The van der Waals surface area contributed by atoms with Gasteiger partial charge < -0.3 is 29.2 Å². The fourth-order valence-corrected chi connectivity index (χ4v) is 6.69. The molecule has 0 amide bonds. The molecule has 0 heterocycles. The molecule has 1 unspecified atom stereocenters. The zero-order chi connectivity index (χ0) is 35.0. The van der Waals surface area contributed by atoms with Gasteiger partial charge in [0, 0.05) is 6.07 Å². The van der Waals surface area contributed by atoms with Gasteiger partial charge in [-0.15, -0.1) is 0 Å². The standard InChI is InChI=1S/C41H52O8/c1-4-5-6-7-31-8-10-32(11-9-31)33-12-14-34(15-13-33)35-16-18-36(19-17-35)37-24-38(46-20-22-48-40(44)29(2)27-42)26-39(25-37)47-21-23-49-41(45)30(3)28-43/h4-5,14,16-19,24-26,31-33,42-43H,2-3,6-13,15,20-23,27-28H2,1H3/b5-4+. The lowest BCUT2D eigenvalue weighted by molar-refractivity contribution is -0.141. The Labute approximate surface area is 291 Å². The number of esters is 2. The third-order valence-electron chi connectivity index (χ3n) is 9.59. The van der Waals surface area contributed by atoms with Crippen molar-refractivity contribution < 1.29 is 38.7 Å². The van der Waals surface area contributed by atoms with E-state index < -0.39 is 25.2 Å². The quantitative estimate of drug-likeness (QED) is 0.0720. The zero-order valence-electron chi connectivity index (χ0n) is 28.9. The van der Waals surface area contributed by atoms with Crippen LogP contribution in [0.15, 0.2) is 85.0 Å². The molecule has 2 aliphatic rings. The summed E-state index contributed by atoms with van der Waals surface area (Å²) in [6.07, 6.45) is 18.6. The van der Waals surface area contributed by atoms with Crippen molar-refractivity contribution in [1.29, 1.82) is 0 Å². The van der Waals surface area contributed by atoms with E-state index >= 15 is 0 Å². The average molecular weight is 673 g/mol. The van der Waals surface area contributed by atoms with Crippen LogP contribution in [0.5, 0.6) is 11.5 Å². The van der Waals surface area contributed by atoms with Crippen molar-refractivity contribution in [3.63, 3.8) is 0 Å². The Bertz CT molecular complexity index is 1410. The maximum absolute atomic E-state index is 11.8. The molecule has 0 aliphatic heterocycles. The Kier molecular flexibility index (Phi) is 15.2. The third-order valence-corrected chi connectivity index (χ3v) is 9.59. The summed E-state index contributed by atoms with van der Waals surface area (Å²) in [6.45, 7) is 8.21. The number of carbonyl (C=O) groups is 2. The normalized spacial score (nSPS) is 19.2. The van der Waals surface area contributed by atoms with Crippen LogP contribution in [0, 0.1) is 17.8 Å². The van der Waals surface area contributed by atoms with Crippen molar-refractivity contribution in [1.82, 2.24) is 0 Å². The number of ether oxygens (including phenoxy) is 4. The van der Waals surface area contributed by atoms with E-state index in [4.69, 9.17) is 29.2 Å². The Hall–Kier alpha value is -4.14. The summed E-state index contributed by atoms with van der Waals surface area (Å²) < 4.78 is 21.9. The minimum Gasteiger partial charge on any atom is -0.490 e. The highest BCUT2D eigenvalue weighted by Gasteiger charge is 2.28. The molecule has 2 aliphatic carbocycles. The highest BCUT2D eigenvalue weighted by atomic mass is 16.6. The van der Waals surface area contributed by atoms with E-state index in [-0.39, 0.29) is 37.6 Å². The second-order valence-corrected chi connectivity index (χ2v) is 13.0. The molecule has 264 valence electrons. The molecule has 1 fully saturated rings. The summed E-state index contributed by atoms with van der Waals surface area (Å²) in [6, 6.07) is 14.0.